The number of halogens is 3. The van der Waals surface area contributed by atoms with Gasteiger partial charge in [0.2, 0.25) is 0 Å². The van der Waals surface area contributed by atoms with Gasteiger partial charge in [-0.05, 0) is 17.7 Å². The first-order valence-corrected chi connectivity index (χ1v) is 6.60. The Bertz CT molecular complexity index is 277. The molecule has 4 heteroatoms. The zero-order chi connectivity index (χ0) is 10.8. The van der Waals surface area contributed by atoms with Gasteiger partial charge < -0.3 is 0 Å². The van der Waals surface area contributed by atoms with Crippen molar-refractivity contribution in [2.75, 3.05) is 10.7 Å². The number of nitriles is 1. The lowest BCUT2D eigenvalue weighted by Gasteiger charge is -1.91. The van der Waals surface area contributed by atoms with Crippen LogP contribution in [0.3, 0.4) is 0 Å². The Morgan fingerprint density at radius 2 is 1.64 bits per heavy atom. The standard InChI is InChI=1S/C8H6ClN.C2H4Br2/c9-8-3-1-7(2-4-8)5-6-10;3-1-2-4/h1-4H,5H2;1-2H2. The zero-order valence-corrected chi connectivity index (χ0v) is 11.4. The van der Waals surface area contributed by atoms with E-state index in [2.05, 4.69) is 37.9 Å². The fourth-order valence-corrected chi connectivity index (χ4v) is 0.820. The van der Waals surface area contributed by atoms with Crippen LogP contribution in [0.2, 0.25) is 5.02 Å². The first-order valence-electron chi connectivity index (χ1n) is 3.98. The molecule has 0 fully saturated rings. The Morgan fingerprint density at radius 3 is 2.00 bits per heavy atom. The molecule has 1 aromatic rings. The Hall–Kier alpha value is -0.0400. The van der Waals surface area contributed by atoms with E-state index in [-0.39, 0.29) is 0 Å². The van der Waals surface area contributed by atoms with Crippen molar-refractivity contribution in [2.24, 2.45) is 0 Å². The molecule has 0 aliphatic rings. The van der Waals surface area contributed by atoms with E-state index in [1.54, 1.807) is 12.1 Å². The minimum absolute atomic E-state index is 0.456. The first-order chi connectivity index (χ1) is 6.74. The van der Waals surface area contributed by atoms with Gasteiger partial charge in [0.05, 0.1) is 12.5 Å². The van der Waals surface area contributed by atoms with E-state index in [1.807, 2.05) is 12.1 Å². The summed E-state index contributed by atoms with van der Waals surface area (Å²) in [7, 11) is 0. The summed E-state index contributed by atoms with van der Waals surface area (Å²) in [5.74, 6) is 0. The number of rotatable bonds is 2. The molecule has 0 aromatic heterocycles. The lowest BCUT2D eigenvalue weighted by molar-refractivity contribution is 1.26. The molecule has 14 heavy (non-hydrogen) atoms. The highest BCUT2D eigenvalue weighted by molar-refractivity contribution is 9.11. The molecule has 1 nitrogen and oxygen atoms in total. The number of hydrogen-bond donors (Lipinski definition) is 0. The van der Waals surface area contributed by atoms with Gasteiger partial charge in [-0.2, -0.15) is 5.26 Å². The van der Waals surface area contributed by atoms with Crippen LogP contribution in [0.25, 0.3) is 0 Å². The Labute approximate surface area is 106 Å². The summed E-state index contributed by atoms with van der Waals surface area (Å²) in [6, 6.07) is 9.34. The molecule has 0 amide bonds. The third-order valence-corrected chi connectivity index (χ3v) is 3.38. The molecule has 76 valence electrons. The van der Waals surface area contributed by atoms with Crippen molar-refractivity contribution < 1.29 is 0 Å². The van der Waals surface area contributed by atoms with Gasteiger partial charge >= 0.3 is 0 Å². The lowest BCUT2D eigenvalue weighted by atomic mass is 10.2. The van der Waals surface area contributed by atoms with Crippen molar-refractivity contribution in [2.45, 2.75) is 6.42 Å². The fourth-order valence-electron chi connectivity index (χ4n) is 0.694. The SMILES string of the molecule is BrCCBr.N#CCc1ccc(Cl)cc1. The van der Waals surface area contributed by atoms with Crippen molar-refractivity contribution >= 4 is 43.5 Å². The van der Waals surface area contributed by atoms with Crippen LogP contribution in [0.5, 0.6) is 0 Å². The Kier molecular flexibility index (Phi) is 9.49. The molecule has 0 unspecified atom stereocenters. The zero-order valence-electron chi connectivity index (χ0n) is 7.51. The van der Waals surface area contributed by atoms with Crippen LogP contribution >= 0.6 is 43.5 Å². The number of benzene rings is 1. The molecule has 0 saturated heterocycles. The van der Waals surface area contributed by atoms with Gasteiger partial charge in [0.15, 0.2) is 0 Å². The van der Waals surface area contributed by atoms with Crippen molar-refractivity contribution in [1.29, 1.82) is 5.26 Å². The summed E-state index contributed by atoms with van der Waals surface area (Å²) in [5.41, 5.74) is 1.01. The molecule has 1 rings (SSSR count). The van der Waals surface area contributed by atoms with Gasteiger partial charge in [0.25, 0.3) is 0 Å². The van der Waals surface area contributed by atoms with Crippen molar-refractivity contribution in [3.05, 3.63) is 34.9 Å². The largest absolute Gasteiger partial charge is 0.198 e. The van der Waals surface area contributed by atoms with E-state index in [1.165, 1.54) is 0 Å². The number of hydrogen-bond acceptors (Lipinski definition) is 1. The summed E-state index contributed by atoms with van der Waals surface area (Å²) in [6.07, 6.45) is 0.456. The van der Waals surface area contributed by atoms with Gasteiger partial charge in [0, 0.05) is 15.7 Å². The van der Waals surface area contributed by atoms with E-state index in [0.717, 1.165) is 16.2 Å². The Morgan fingerprint density at radius 1 is 1.14 bits per heavy atom. The van der Waals surface area contributed by atoms with Crippen molar-refractivity contribution in [1.82, 2.24) is 0 Å². The fraction of sp³-hybridized carbons (Fsp3) is 0.300. The van der Waals surface area contributed by atoms with E-state index in [9.17, 15) is 0 Å². The van der Waals surface area contributed by atoms with Gasteiger partial charge in [-0.1, -0.05) is 55.6 Å². The summed E-state index contributed by atoms with van der Waals surface area (Å²) in [6.45, 7) is 0. The normalized spacial score (nSPS) is 8.43. The second-order valence-corrected chi connectivity index (χ2v) is 4.36. The molecule has 0 saturated carbocycles. The summed E-state index contributed by atoms with van der Waals surface area (Å²) >= 11 is 12.0. The van der Waals surface area contributed by atoms with Crippen LogP contribution in [0.1, 0.15) is 5.56 Å². The molecular formula is C10H10Br2ClN. The van der Waals surface area contributed by atoms with Crippen LogP contribution < -0.4 is 0 Å². The molecule has 0 heterocycles. The molecule has 0 bridgehead atoms. The topological polar surface area (TPSA) is 23.8 Å². The van der Waals surface area contributed by atoms with E-state index >= 15 is 0 Å². The number of nitrogens with zero attached hydrogens (tertiary/aromatic N) is 1. The van der Waals surface area contributed by atoms with Gasteiger partial charge in [0.1, 0.15) is 0 Å². The smallest absolute Gasteiger partial charge is 0.0669 e. The van der Waals surface area contributed by atoms with E-state index in [4.69, 9.17) is 16.9 Å². The molecule has 0 aliphatic carbocycles. The lowest BCUT2D eigenvalue weighted by Crippen LogP contribution is -1.78. The minimum Gasteiger partial charge on any atom is -0.198 e. The molecule has 0 spiro atoms. The molecule has 0 aliphatic heterocycles. The quantitative estimate of drug-likeness (QED) is 0.742. The van der Waals surface area contributed by atoms with Crippen LogP contribution in [0, 0.1) is 11.3 Å². The third kappa shape index (κ3) is 7.37. The minimum atomic E-state index is 0.456. The van der Waals surface area contributed by atoms with Crippen molar-refractivity contribution in [3.8, 4) is 6.07 Å². The molecule has 0 N–H and O–H groups in total. The summed E-state index contributed by atoms with van der Waals surface area (Å²) in [4.78, 5) is 0. The second kappa shape index (κ2) is 9.51. The van der Waals surface area contributed by atoms with E-state index in [0.29, 0.717) is 11.4 Å². The predicted octanol–water partition coefficient (Wildman–Crippen LogP) is 4.18. The average Bonchev–Trinajstić information content (AvgIpc) is 2.22. The average molecular weight is 339 g/mol. The highest BCUT2D eigenvalue weighted by atomic mass is 79.9. The van der Waals surface area contributed by atoms with Gasteiger partial charge in [-0.3, -0.25) is 0 Å². The molecule has 0 atom stereocenters. The third-order valence-electron chi connectivity index (χ3n) is 1.27. The first kappa shape index (κ1) is 14.0. The monoisotopic (exact) mass is 337 g/mol. The van der Waals surface area contributed by atoms with Crippen LogP contribution in [-0.4, -0.2) is 10.7 Å². The molecule has 1 aromatic carbocycles. The molecule has 0 radical (unpaired) electrons. The summed E-state index contributed by atoms with van der Waals surface area (Å²) < 4.78 is 0. The summed E-state index contributed by atoms with van der Waals surface area (Å²) in [5, 5.41) is 11.1. The van der Waals surface area contributed by atoms with E-state index < -0.39 is 0 Å². The predicted molar refractivity (Wildman–Crippen MR) is 68.4 cm³/mol. The second-order valence-electron chi connectivity index (χ2n) is 2.34. The highest BCUT2D eigenvalue weighted by Crippen LogP contribution is 2.09. The maximum absolute atomic E-state index is 8.31. The van der Waals surface area contributed by atoms with Gasteiger partial charge in [-0.15, -0.1) is 0 Å². The maximum Gasteiger partial charge on any atom is 0.0669 e. The van der Waals surface area contributed by atoms with Crippen LogP contribution in [0.15, 0.2) is 24.3 Å². The Balaban J connectivity index is 0.000000364. The number of alkyl halides is 2. The molecular weight excluding hydrogens is 329 g/mol. The van der Waals surface area contributed by atoms with Gasteiger partial charge in [-0.25, -0.2) is 0 Å². The van der Waals surface area contributed by atoms with Crippen LogP contribution in [-0.2, 0) is 6.42 Å². The van der Waals surface area contributed by atoms with Crippen LogP contribution in [0.4, 0.5) is 0 Å². The van der Waals surface area contributed by atoms with Crippen molar-refractivity contribution in [3.63, 3.8) is 0 Å². The maximum atomic E-state index is 8.31. The highest BCUT2D eigenvalue weighted by Gasteiger charge is 1.89.